The molecule has 6 nitrogen and oxygen atoms in total. The summed E-state index contributed by atoms with van der Waals surface area (Å²) in [6.45, 7) is 6.07. The number of nitrogens with one attached hydrogen (secondary N) is 1. The van der Waals surface area contributed by atoms with Crippen molar-refractivity contribution in [2.45, 2.75) is 31.7 Å². The Balaban J connectivity index is 1.43. The zero-order valence-corrected chi connectivity index (χ0v) is 18.5. The summed E-state index contributed by atoms with van der Waals surface area (Å²) >= 11 is 0. The Labute approximate surface area is 189 Å². The van der Waals surface area contributed by atoms with Gasteiger partial charge in [-0.05, 0) is 43.5 Å². The van der Waals surface area contributed by atoms with Crippen LogP contribution in [-0.2, 0) is 4.74 Å². The molecule has 0 bridgehead atoms. The smallest absolute Gasteiger partial charge is 0.270 e. The van der Waals surface area contributed by atoms with Crippen LogP contribution in [0.4, 0.5) is 0 Å². The number of hydrogen-bond donors (Lipinski definition) is 1. The zero-order valence-electron chi connectivity index (χ0n) is 18.5. The van der Waals surface area contributed by atoms with Gasteiger partial charge in [-0.1, -0.05) is 48.0 Å². The van der Waals surface area contributed by atoms with E-state index in [0.29, 0.717) is 11.6 Å². The Morgan fingerprint density at radius 2 is 1.81 bits per heavy atom. The normalized spacial score (nSPS) is 17.8. The molecule has 32 heavy (non-hydrogen) atoms. The van der Waals surface area contributed by atoms with Gasteiger partial charge in [-0.15, -0.1) is 0 Å². The third kappa shape index (κ3) is 4.76. The molecule has 0 radical (unpaired) electrons. The number of amides is 1. The number of para-hydroxylation sites is 1. The highest BCUT2D eigenvalue weighted by Gasteiger charge is 2.30. The quantitative estimate of drug-likeness (QED) is 0.618. The molecule has 1 N–H and O–H groups in total. The molecule has 5 rings (SSSR count). The summed E-state index contributed by atoms with van der Waals surface area (Å²) in [7, 11) is 0. The monoisotopic (exact) mass is 430 g/mol. The number of carbonyl (C=O) groups is 1. The van der Waals surface area contributed by atoms with Gasteiger partial charge in [0.15, 0.2) is 0 Å². The van der Waals surface area contributed by atoms with Gasteiger partial charge in [0.2, 0.25) is 0 Å². The van der Waals surface area contributed by atoms with Gasteiger partial charge in [0.25, 0.3) is 5.91 Å². The molecule has 3 aromatic rings. The minimum Gasteiger partial charge on any atom is -0.379 e. The molecule has 0 spiro atoms. The molecule has 1 saturated carbocycles. The minimum absolute atomic E-state index is 0.0907. The highest BCUT2D eigenvalue weighted by Crippen LogP contribution is 2.39. The number of aryl methyl sites for hydroxylation is 1. The van der Waals surface area contributed by atoms with E-state index in [1.54, 1.807) is 4.68 Å². The van der Waals surface area contributed by atoms with Gasteiger partial charge in [0, 0.05) is 25.6 Å². The maximum absolute atomic E-state index is 13.6. The van der Waals surface area contributed by atoms with Crippen molar-refractivity contribution in [3.8, 4) is 5.69 Å². The summed E-state index contributed by atoms with van der Waals surface area (Å²) < 4.78 is 7.30. The van der Waals surface area contributed by atoms with Gasteiger partial charge in [-0.2, -0.15) is 5.10 Å². The van der Waals surface area contributed by atoms with E-state index in [1.807, 2.05) is 36.4 Å². The lowest BCUT2D eigenvalue weighted by molar-refractivity contribution is 0.0332. The lowest BCUT2D eigenvalue weighted by Gasteiger charge is -2.31. The summed E-state index contributed by atoms with van der Waals surface area (Å²) in [5, 5.41) is 8.12. The van der Waals surface area contributed by atoms with Crippen molar-refractivity contribution in [3.05, 3.63) is 83.2 Å². The van der Waals surface area contributed by atoms with Gasteiger partial charge < -0.3 is 10.1 Å². The van der Waals surface area contributed by atoms with Crippen molar-refractivity contribution in [2.75, 3.05) is 32.8 Å². The van der Waals surface area contributed by atoms with Crippen molar-refractivity contribution in [2.24, 2.45) is 0 Å². The Kier molecular flexibility index (Phi) is 6.06. The molecule has 166 valence electrons. The molecular weight excluding hydrogens is 400 g/mol. The van der Waals surface area contributed by atoms with E-state index in [2.05, 4.69) is 41.4 Å². The highest BCUT2D eigenvalue weighted by atomic mass is 16.5. The summed E-state index contributed by atoms with van der Waals surface area (Å²) in [4.78, 5) is 15.9. The molecule has 0 unspecified atom stereocenters. The Bertz CT molecular complexity index is 1050. The first-order valence-corrected chi connectivity index (χ1v) is 11.5. The number of rotatable bonds is 7. The first kappa shape index (κ1) is 20.9. The average Bonchev–Trinajstić information content (AvgIpc) is 3.58. The van der Waals surface area contributed by atoms with Crippen LogP contribution in [0.25, 0.3) is 5.69 Å². The Hall–Kier alpha value is -2.96. The van der Waals surface area contributed by atoms with E-state index in [4.69, 9.17) is 9.84 Å². The second kappa shape index (κ2) is 9.27. The second-order valence-corrected chi connectivity index (χ2v) is 8.83. The van der Waals surface area contributed by atoms with Gasteiger partial charge in [0.1, 0.15) is 5.69 Å². The van der Waals surface area contributed by atoms with Crippen LogP contribution in [0.3, 0.4) is 0 Å². The van der Waals surface area contributed by atoms with Gasteiger partial charge >= 0.3 is 0 Å². The van der Waals surface area contributed by atoms with Crippen molar-refractivity contribution in [1.82, 2.24) is 20.0 Å². The predicted molar refractivity (Wildman–Crippen MR) is 124 cm³/mol. The lowest BCUT2D eigenvalue weighted by Crippen LogP contribution is -2.43. The van der Waals surface area contributed by atoms with Crippen molar-refractivity contribution < 1.29 is 9.53 Å². The Morgan fingerprint density at radius 1 is 1.09 bits per heavy atom. The fourth-order valence-electron chi connectivity index (χ4n) is 4.21. The van der Waals surface area contributed by atoms with Crippen LogP contribution in [0.5, 0.6) is 0 Å². The zero-order chi connectivity index (χ0) is 21.9. The maximum atomic E-state index is 13.6. The molecule has 2 heterocycles. The van der Waals surface area contributed by atoms with Crippen molar-refractivity contribution in [1.29, 1.82) is 0 Å². The molecular formula is C26H30N4O2. The van der Waals surface area contributed by atoms with Crippen LogP contribution in [0.2, 0.25) is 0 Å². The standard InChI is InChI=1S/C26H30N4O2/c1-19-7-9-21(10-8-19)24(18-29-13-15-32-16-14-29)27-26(31)25-17-23(20-11-12-20)28-30(25)22-5-3-2-4-6-22/h2-10,17,20,24H,11-16,18H2,1H3,(H,27,31)/t24-/m0/s1. The first-order chi connectivity index (χ1) is 15.7. The molecule has 1 aromatic heterocycles. The highest BCUT2D eigenvalue weighted by molar-refractivity contribution is 5.93. The first-order valence-electron chi connectivity index (χ1n) is 11.5. The lowest BCUT2D eigenvalue weighted by atomic mass is 10.0. The molecule has 1 aliphatic heterocycles. The summed E-state index contributed by atoms with van der Waals surface area (Å²) in [6, 6.07) is 20.2. The minimum atomic E-state index is -0.107. The number of carbonyl (C=O) groups excluding carboxylic acids is 1. The number of hydrogen-bond acceptors (Lipinski definition) is 4. The van der Waals surface area contributed by atoms with Crippen LogP contribution in [0.1, 0.15) is 52.1 Å². The van der Waals surface area contributed by atoms with Crippen LogP contribution < -0.4 is 5.32 Å². The van der Waals surface area contributed by atoms with Crippen molar-refractivity contribution >= 4 is 5.91 Å². The van der Waals surface area contributed by atoms with E-state index in [0.717, 1.165) is 62.6 Å². The number of ether oxygens (including phenoxy) is 1. The fraction of sp³-hybridized carbons (Fsp3) is 0.385. The van der Waals surface area contributed by atoms with Gasteiger partial charge in [-0.25, -0.2) is 4.68 Å². The second-order valence-electron chi connectivity index (χ2n) is 8.83. The average molecular weight is 431 g/mol. The molecule has 1 amide bonds. The van der Waals surface area contributed by atoms with Crippen molar-refractivity contribution in [3.63, 3.8) is 0 Å². The Morgan fingerprint density at radius 3 is 2.50 bits per heavy atom. The largest absolute Gasteiger partial charge is 0.379 e. The third-order valence-electron chi connectivity index (χ3n) is 6.29. The number of aromatic nitrogens is 2. The molecule has 6 heteroatoms. The van der Waals surface area contributed by atoms with E-state index in [1.165, 1.54) is 5.56 Å². The van der Waals surface area contributed by atoms with Gasteiger partial charge in [0.05, 0.1) is 30.6 Å². The van der Waals surface area contributed by atoms with E-state index in [-0.39, 0.29) is 11.9 Å². The molecule has 2 fully saturated rings. The van der Waals surface area contributed by atoms with Crippen LogP contribution in [0, 0.1) is 6.92 Å². The molecule has 1 aliphatic carbocycles. The maximum Gasteiger partial charge on any atom is 0.270 e. The van der Waals surface area contributed by atoms with Crippen LogP contribution in [-0.4, -0.2) is 53.4 Å². The SMILES string of the molecule is Cc1ccc([C@H](CN2CCOCC2)NC(=O)c2cc(C3CC3)nn2-c2ccccc2)cc1. The third-order valence-corrected chi connectivity index (χ3v) is 6.29. The van der Waals surface area contributed by atoms with E-state index in [9.17, 15) is 4.79 Å². The molecule has 1 saturated heterocycles. The summed E-state index contributed by atoms with van der Waals surface area (Å²) in [5.74, 6) is 0.389. The van der Waals surface area contributed by atoms with E-state index >= 15 is 0 Å². The predicted octanol–water partition coefficient (Wildman–Crippen LogP) is 3.86. The number of morpholine rings is 1. The van der Waals surface area contributed by atoms with E-state index < -0.39 is 0 Å². The molecule has 1 atom stereocenters. The summed E-state index contributed by atoms with van der Waals surface area (Å²) in [5.41, 5.74) is 4.84. The number of benzene rings is 2. The van der Waals surface area contributed by atoms with Crippen LogP contribution in [0.15, 0.2) is 60.7 Å². The summed E-state index contributed by atoms with van der Waals surface area (Å²) in [6.07, 6.45) is 2.30. The topological polar surface area (TPSA) is 59.4 Å². The van der Waals surface area contributed by atoms with Gasteiger partial charge in [-0.3, -0.25) is 9.69 Å². The molecule has 2 aromatic carbocycles. The fourth-order valence-corrected chi connectivity index (χ4v) is 4.21. The molecule has 2 aliphatic rings. The number of nitrogens with zero attached hydrogens (tertiary/aromatic N) is 3. The van der Waals surface area contributed by atoms with Crippen LogP contribution >= 0.6 is 0 Å².